The zero-order valence-electron chi connectivity index (χ0n) is 12.3. The van der Waals surface area contributed by atoms with E-state index >= 15 is 0 Å². The summed E-state index contributed by atoms with van der Waals surface area (Å²) in [6, 6.07) is 8.65. The molecule has 0 spiro atoms. The molecule has 21 heavy (non-hydrogen) atoms. The van der Waals surface area contributed by atoms with Gasteiger partial charge in [-0.25, -0.2) is 0 Å². The lowest BCUT2D eigenvalue weighted by atomic mass is 10.0. The molecule has 0 fully saturated rings. The molecular formula is C16H18N4O. The third-order valence-corrected chi connectivity index (χ3v) is 4.36. The van der Waals surface area contributed by atoms with Gasteiger partial charge in [0.25, 0.3) is 0 Å². The number of aryl methyl sites for hydroxylation is 1. The molecule has 3 aromatic rings. The predicted molar refractivity (Wildman–Crippen MR) is 79.9 cm³/mol. The van der Waals surface area contributed by atoms with Gasteiger partial charge in [0.1, 0.15) is 0 Å². The van der Waals surface area contributed by atoms with E-state index in [0.717, 1.165) is 19.5 Å². The molecule has 0 saturated carbocycles. The van der Waals surface area contributed by atoms with Gasteiger partial charge in [0.15, 0.2) is 5.82 Å². The molecule has 1 atom stereocenters. The van der Waals surface area contributed by atoms with E-state index in [2.05, 4.69) is 51.2 Å². The van der Waals surface area contributed by atoms with Crippen molar-refractivity contribution in [2.24, 2.45) is 0 Å². The molecule has 4 rings (SSSR count). The number of aromatic nitrogens is 3. The Balaban J connectivity index is 1.66. The third kappa shape index (κ3) is 2.05. The number of aromatic amines is 1. The van der Waals surface area contributed by atoms with E-state index in [9.17, 15) is 0 Å². The van der Waals surface area contributed by atoms with Gasteiger partial charge >= 0.3 is 0 Å². The molecule has 1 aromatic carbocycles. The van der Waals surface area contributed by atoms with Crippen LogP contribution in [0.4, 0.5) is 0 Å². The number of para-hydroxylation sites is 1. The Kier molecular flexibility index (Phi) is 2.82. The van der Waals surface area contributed by atoms with Crippen LogP contribution in [-0.2, 0) is 13.0 Å². The molecule has 1 unspecified atom stereocenters. The molecule has 5 nitrogen and oxygen atoms in total. The fraction of sp³-hybridized carbons (Fsp3) is 0.375. The standard InChI is InChI=1S/C16H18N4O/c1-10(16-17-11(2)19-21-16)20-8-7-15-13(9-20)12-5-3-4-6-14(12)18-15/h3-6,10,18H,7-9H2,1-2H3. The van der Waals surface area contributed by atoms with Gasteiger partial charge in [-0.15, -0.1) is 0 Å². The van der Waals surface area contributed by atoms with E-state index in [-0.39, 0.29) is 6.04 Å². The molecule has 0 radical (unpaired) electrons. The van der Waals surface area contributed by atoms with Crippen LogP contribution in [0.5, 0.6) is 0 Å². The number of H-pyrrole nitrogens is 1. The fourth-order valence-electron chi connectivity index (χ4n) is 3.16. The monoisotopic (exact) mass is 282 g/mol. The van der Waals surface area contributed by atoms with Crippen LogP contribution in [0.3, 0.4) is 0 Å². The zero-order chi connectivity index (χ0) is 14.4. The van der Waals surface area contributed by atoms with Gasteiger partial charge in [-0.05, 0) is 25.5 Å². The summed E-state index contributed by atoms with van der Waals surface area (Å²) in [6.45, 7) is 5.91. The summed E-state index contributed by atoms with van der Waals surface area (Å²) < 4.78 is 5.33. The first-order valence-corrected chi connectivity index (χ1v) is 7.35. The van der Waals surface area contributed by atoms with Gasteiger partial charge in [0.05, 0.1) is 6.04 Å². The first kappa shape index (κ1) is 12.6. The lowest BCUT2D eigenvalue weighted by Gasteiger charge is -2.30. The van der Waals surface area contributed by atoms with Crippen LogP contribution < -0.4 is 0 Å². The summed E-state index contributed by atoms with van der Waals surface area (Å²) >= 11 is 0. The van der Waals surface area contributed by atoms with Crippen molar-refractivity contribution in [3.8, 4) is 0 Å². The minimum absolute atomic E-state index is 0.146. The molecule has 108 valence electrons. The molecule has 3 heterocycles. The zero-order valence-corrected chi connectivity index (χ0v) is 12.3. The average Bonchev–Trinajstić information content (AvgIpc) is 3.09. The molecule has 5 heteroatoms. The number of nitrogens with zero attached hydrogens (tertiary/aromatic N) is 3. The van der Waals surface area contributed by atoms with E-state index in [4.69, 9.17) is 4.52 Å². The first-order valence-electron chi connectivity index (χ1n) is 7.35. The molecule has 0 saturated heterocycles. The summed E-state index contributed by atoms with van der Waals surface area (Å²) in [5.74, 6) is 1.40. The number of hydrogen-bond donors (Lipinski definition) is 1. The quantitative estimate of drug-likeness (QED) is 0.785. The molecule has 1 aliphatic rings. The van der Waals surface area contributed by atoms with Gasteiger partial charge in [-0.3, -0.25) is 4.90 Å². The summed E-state index contributed by atoms with van der Waals surface area (Å²) in [5, 5.41) is 5.22. The van der Waals surface area contributed by atoms with Crippen LogP contribution in [0.1, 0.15) is 35.9 Å². The fourth-order valence-corrected chi connectivity index (χ4v) is 3.16. The molecule has 1 aliphatic heterocycles. The van der Waals surface area contributed by atoms with Crippen molar-refractivity contribution in [3.05, 3.63) is 47.2 Å². The number of fused-ring (bicyclic) bond motifs is 3. The minimum Gasteiger partial charge on any atom is -0.358 e. The molecule has 0 bridgehead atoms. The topological polar surface area (TPSA) is 58.0 Å². The Hall–Kier alpha value is -2.14. The average molecular weight is 282 g/mol. The lowest BCUT2D eigenvalue weighted by Crippen LogP contribution is -2.32. The maximum atomic E-state index is 5.33. The van der Waals surface area contributed by atoms with Gasteiger partial charge in [0.2, 0.25) is 5.89 Å². The normalized spacial score (nSPS) is 17.0. The van der Waals surface area contributed by atoms with E-state index in [1.54, 1.807) is 0 Å². The highest BCUT2D eigenvalue weighted by Gasteiger charge is 2.27. The highest BCUT2D eigenvalue weighted by atomic mass is 16.5. The number of nitrogens with one attached hydrogen (secondary N) is 1. The smallest absolute Gasteiger partial charge is 0.243 e. The van der Waals surface area contributed by atoms with Crippen LogP contribution in [0, 0.1) is 6.92 Å². The van der Waals surface area contributed by atoms with Gasteiger partial charge < -0.3 is 9.51 Å². The second-order valence-electron chi connectivity index (χ2n) is 5.70. The van der Waals surface area contributed by atoms with Gasteiger partial charge in [0, 0.05) is 36.1 Å². The molecule has 2 aromatic heterocycles. The highest BCUT2D eigenvalue weighted by molar-refractivity contribution is 5.84. The van der Waals surface area contributed by atoms with Crippen LogP contribution in [0.2, 0.25) is 0 Å². The van der Waals surface area contributed by atoms with E-state index in [1.165, 1.54) is 22.2 Å². The van der Waals surface area contributed by atoms with Gasteiger partial charge in [-0.2, -0.15) is 4.98 Å². The Bertz CT molecular complexity index is 789. The summed E-state index contributed by atoms with van der Waals surface area (Å²) in [5.41, 5.74) is 3.99. The number of rotatable bonds is 2. The summed E-state index contributed by atoms with van der Waals surface area (Å²) in [4.78, 5) is 10.3. The van der Waals surface area contributed by atoms with Crippen LogP contribution in [-0.4, -0.2) is 26.6 Å². The van der Waals surface area contributed by atoms with Crippen molar-refractivity contribution >= 4 is 10.9 Å². The van der Waals surface area contributed by atoms with Crippen molar-refractivity contribution in [2.75, 3.05) is 6.54 Å². The predicted octanol–water partition coefficient (Wildman–Crippen LogP) is 2.98. The van der Waals surface area contributed by atoms with E-state index in [0.29, 0.717) is 11.7 Å². The Morgan fingerprint density at radius 2 is 2.19 bits per heavy atom. The van der Waals surface area contributed by atoms with Crippen molar-refractivity contribution in [1.29, 1.82) is 0 Å². The SMILES string of the molecule is Cc1noc(C(C)N2CCc3[nH]c4ccccc4c3C2)n1. The Morgan fingerprint density at radius 1 is 1.33 bits per heavy atom. The van der Waals surface area contributed by atoms with Crippen LogP contribution in [0.15, 0.2) is 28.8 Å². The molecule has 0 amide bonds. The number of benzene rings is 1. The summed E-state index contributed by atoms with van der Waals surface area (Å²) in [6.07, 6.45) is 1.03. The maximum absolute atomic E-state index is 5.33. The van der Waals surface area contributed by atoms with Crippen molar-refractivity contribution in [1.82, 2.24) is 20.0 Å². The largest absolute Gasteiger partial charge is 0.358 e. The van der Waals surface area contributed by atoms with Gasteiger partial charge in [-0.1, -0.05) is 23.4 Å². The van der Waals surface area contributed by atoms with E-state index in [1.807, 2.05) is 6.92 Å². The van der Waals surface area contributed by atoms with Crippen LogP contribution in [0.25, 0.3) is 10.9 Å². The Labute approximate surface area is 123 Å². The number of hydrogen-bond acceptors (Lipinski definition) is 4. The second-order valence-corrected chi connectivity index (χ2v) is 5.70. The molecule has 1 N–H and O–H groups in total. The van der Waals surface area contributed by atoms with E-state index < -0.39 is 0 Å². The van der Waals surface area contributed by atoms with Crippen molar-refractivity contribution < 1.29 is 4.52 Å². The minimum atomic E-state index is 0.146. The summed E-state index contributed by atoms with van der Waals surface area (Å²) in [7, 11) is 0. The first-order chi connectivity index (χ1) is 10.2. The lowest BCUT2D eigenvalue weighted by molar-refractivity contribution is 0.158. The Morgan fingerprint density at radius 3 is 3.00 bits per heavy atom. The second kappa shape index (κ2) is 4.70. The third-order valence-electron chi connectivity index (χ3n) is 4.36. The maximum Gasteiger partial charge on any atom is 0.243 e. The molecule has 0 aliphatic carbocycles. The van der Waals surface area contributed by atoms with Crippen molar-refractivity contribution in [3.63, 3.8) is 0 Å². The highest BCUT2D eigenvalue weighted by Crippen LogP contribution is 2.31. The molecular weight excluding hydrogens is 264 g/mol. The van der Waals surface area contributed by atoms with Crippen molar-refractivity contribution in [2.45, 2.75) is 32.9 Å². The van der Waals surface area contributed by atoms with Crippen LogP contribution >= 0.6 is 0 Å².